The average Bonchev–Trinajstić information content (AvgIpc) is 3.52. The molecule has 2 aliphatic rings. The first-order chi connectivity index (χ1) is 23.3. The Labute approximate surface area is 284 Å². The Kier molecular flexibility index (Phi) is 6.30. The first-order valence-electron chi connectivity index (χ1n) is 17.1. The molecule has 0 saturated heterocycles. The molecule has 0 unspecified atom stereocenters. The van der Waals surface area contributed by atoms with Crippen LogP contribution in [0.3, 0.4) is 0 Å². The van der Waals surface area contributed by atoms with Crippen LogP contribution in [0.15, 0.2) is 158 Å². The molecule has 0 fully saturated rings. The summed E-state index contributed by atoms with van der Waals surface area (Å²) in [6.45, 7) is 9.38. The van der Waals surface area contributed by atoms with Gasteiger partial charge in [-0.3, -0.25) is 0 Å². The summed E-state index contributed by atoms with van der Waals surface area (Å²) in [5.41, 5.74) is 21.2. The number of benzene rings is 7. The summed E-state index contributed by atoms with van der Waals surface area (Å²) in [5.74, 6) is 0. The zero-order valence-electron chi connectivity index (χ0n) is 28.0. The molecule has 9 rings (SSSR count). The van der Waals surface area contributed by atoms with E-state index in [9.17, 15) is 0 Å². The lowest BCUT2D eigenvalue weighted by molar-refractivity contribution is 0.660. The molecule has 0 heteroatoms. The van der Waals surface area contributed by atoms with Crippen LogP contribution in [0.5, 0.6) is 0 Å². The third-order valence-electron chi connectivity index (χ3n) is 11.1. The summed E-state index contributed by atoms with van der Waals surface area (Å²) in [7, 11) is 0. The van der Waals surface area contributed by atoms with Crippen molar-refractivity contribution in [2.75, 3.05) is 0 Å². The number of hydrogen-bond donors (Lipinski definition) is 0. The lowest BCUT2D eigenvalue weighted by atomic mass is 9.82. The van der Waals surface area contributed by atoms with E-state index in [1.54, 1.807) is 0 Å². The van der Waals surface area contributed by atoms with Crippen molar-refractivity contribution in [3.63, 3.8) is 0 Å². The smallest absolute Gasteiger partial charge is 0.0159 e. The first kappa shape index (κ1) is 28.7. The second-order valence-electron chi connectivity index (χ2n) is 14.5. The molecular weight excluding hydrogens is 577 g/mol. The molecule has 0 amide bonds. The van der Waals surface area contributed by atoms with Gasteiger partial charge in [0, 0.05) is 10.8 Å². The van der Waals surface area contributed by atoms with Crippen LogP contribution >= 0.6 is 0 Å². The van der Waals surface area contributed by atoms with Gasteiger partial charge in [0.1, 0.15) is 0 Å². The molecule has 0 N–H and O–H groups in total. The zero-order chi connectivity index (χ0) is 32.6. The minimum Gasteiger partial charge on any atom is -0.0619 e. The summed E-state index contributed by atoms with van der Waals surface area (Å²) < 4.78 is 0. The van der Waals surface area contributed by atoms with Crippen LogP contribution < -0.4 is 0 Å². The standard InChI is InChI=1S/C48H38/c1-47(2)41-18-7-5-14-39(41)45-37(16-10-20-43(45)47)33-26-22-31(23-27-33)35-12-9-13-36(30-35)32-24-28-34(29-25-32)38-17-11-21-44-46(38)40-15-6-8-19-42(40)48(44,3)4/h5-30H,1-4H3. The highest BCUT2D eigenvalue weighted by molar-refractivity contribution is 5.94. The highest BCUT2D eigenvalue weighted by atomic mass is 14.4. The van der Waals surface area contributed by atoms with Gasteiger partial charge in [0.2, 0.25) is 0 Å². The summed E-state index contributed by atoms with van der Waals surface area (Å²) in [6.07, 6.45) is 0. The molecule has 0 atom stereocenters. The van der Waals surface area contributed by atoms with E-state index < -0.39 is 0 Å². The second-order valence-corrected chi connectivity index (χ2v) is 14.5. The van der Waals surface area contributed by atoms with E-state index in [-0.39, 0.29) is 10.8 Å². The van der Waals surface area contributed by atoms with Gasteiger partial charge < -0.3 is 0 Å². The molecule has 0 nitrogen and oxygen atoms in total. The van der Waals surface area contributed by atoms with Crippen LogP contribution in [0.4, 0.5) is 0 Å². The van der Waals surface area contributed by atoms with E-state index in [1.807, 2.05) is 0 Å². The monoisotopic (exact) mass is 614 g/mol. The Hall–Kier alpha value is -5.46. The van der Waals surface area contributed by atoms with Crippen LogP contribution in [0.25, 0.3) is 66.8 Å². The maximum absolute atomic E-state index is 2.35. The summed E-state index contributed by atoms with van der Waals surface area (Å²) in [6, 6.07) is 58.6. The van der Waals surface area contributed by atoms with Crippen LogP contribution in [0, 0.1) is 0 Å². The first-order valence-corrected chi connectivity index (χ1v) is 17.1. The SMILES string of the molecule is CC1(C)c2ccccc2-c2c(-c3ccc(-c4cccc(-c5ccc(-c6cccc7c6-c6ccccc6C7(C)C)cc5)c4)cc3)cccc21. The molecule has 0 heterocycles. The van der Waals surface area contributed by atoms with Gasteiger partial charge in [-0.15, -0.1) is 0 Å². The lowest BCUT2D eigenvalue weighted by Gasteiger charge is -2.21. The molecule has 0 spiro atoms. The van der Waals surface area contributed by atoms with Gasteiger partial charge in [0.25, 0.3) is 0 Å². The fourth-order valence-corrected chi connectivity index (χ4v) is 8.55. The molecule has 7 aromatic rings. The second kappa shape index (κ2) is 10.5. The van der Waals surface area contributed by atoms with Gasteiger partial charge in [-0.2, -0.15) is 0 Å². The van der Waals surface area contributed by atoms with Crippen molar-refractivity contribution in [3.05, 3.63) is 180 Å². The lowest BCUT2D eigenvalue weighted by Crippen LogP contribution is -2.14. The van der Waals surface area contributed by atoms with Crippen molar-refractivity contribution in [1.82, 2.24) is 0 Å². The maximum Gasteiger partial charge on any atom is 0.0159 e. The Balaban J connectivity index is 1.03. The fourth-order valence-electron chi connectivity index (χ4n) is 8.55. The van der Waals surface area contributed by atoms with E-state index in [0.29, 0.717) is 0 Å². The Bertz CT molecular complexity index is 2200. The van der Waals surface area contributed by atoms with Gasteiger partial charge in [0.05, 0.1) is 0 Å². The number of hydrogen-bond acceptors (Lipinski definition) is 0. The van der Waals surface area contributed by atoms with Crippen molar-refractivity contribution in [3.8, 4) is 66.8 Å². The molecule has 0 bridgehead atoms. The van der Waals surface area contributed by atoms with Crippen molar-refractivity contribution in [1.29, 1.82) is 0 Å². The van der Waals surface area contributed by atoms with Crippen molar-refractivity contribution < 1.29 is 0 Å². The molecule has 0 saturated carbocycles. The van der Waals surface area contributed by atoms with Gasteiger partial charge in [0.15, 0.2) is 0 Å². The third kappa shape index (κ3) is 4.22. The maximum atomic E-state index is 2.35. The number of fused-ring (bicyclic) bond motifs is 6. The molecule has 0 aliphatic heterocycles. The van der Waals surface area contributed by atoms with Crippen LogP contribution in [0.1, 0.15) is 49.9 Å². The Morgan fingerprint density at radius 2 is 0.604 bits per heavy atom. The fraction of sp³-hybridized carbons (Fsp3) is 0.125. The molecule has 0 radical (unpaired) electrons. The number of rotatable bonds is 4. The quantitative estimate of drug-likeness (QED) is 0.185. The third-order valence-corrected chi connectivity index (χ3v) is 11.1. The predicted octanol–water partition coefficient (Wildman–Crippen LogP) is 13.0. The highest BCUT2D eigenvalue weighted by Crippen LogP contribution is 2.53. The molecule has 0 aromatic heterocycles. The Morgan fingerprint density at radius 1 is 0.271 bits per heavy atom. The molecule has 230 valence electrons. The topological polar surface area (TPSA) is 0 Å². The largest absolute Gasteiger partial charge is 0.0619 e. The van der Waals surface area contributed by atoms with Crippen LogP contribution in [-0.4, -0.2) is 0 Å². The Morgan fingerprint density at radius 3 is 1.04 bits per heavy atom. The van der Waals surface area contributed by atoms with Gasteiger partial charge >= 0.3 is 0 Å². The highest BCUT2D eigenvalue weighted by Gasteiger charge is 2.37. The van der Waals surface area contributed by atoms with E-state index >= 15 is 0 Å². The minimum absolute atomic E-state index is 0.00395. The van der Waals surface area contributed by atoms with Gasteiger partial charge in [-0.25, -0.2) is 0 Å². The van der Waals surface area contributed by atoms with Crippen molar-refractivity contribution in [2.45, 2.75) is 38.5 Å². The van der Waals surface area contributed by atoms with Gasteiger partial charge in [-0.1, -0.05) is 179 Å². The zero-order valence-corrected chi connectivity index (χ0v) is 28.0. The van der Waals surface area contributed by atoms with Crippen molar-refractivity contribution >= 4 is 0 Å². The summed E-state index contributed by atoms with van der Waals surface area (Å²) in [5, 5.41) is 0. The van der Waals surface area contributed by atoms with E-state index in [4.69, 9.17) is 0 Å². The molecule has 7 aromatic carbocycles. The van der Waals surface area contributed by atoms with E-state index in [1.165, 1.54) is 89.0 Å². The van der Waals surface area contributed by atoms with Crippen LogP contribution in [-0.2, 0) is 10.8 Å². The average molecular weight is 615 g/mol. The van der Waals surface area contributed by atoms with E-state index in [0.717, 1.165) is 0 Å². The van der Waals surface area contributed by atoms with E-state index in [2.05, 4.69) is 185 Å². The summed E-state index contributed by atoms with van der Waals surface area (Å²) in [4.78, 5) is 0. The minimum atomic E-state index is 0.00395. The normalized spacial score (nSPS) is 14.6. The predicted molar refractivity (Wildman–Crippen MR) is 203 cm³/mol. The molecule has 48 heavy (non-hydrogen) atoms. The molecule has 2 aliphatic carbocycles. The van der Waals surface area contributed by atoms with Gasteiger partial charge in [-0.05, 0) is 95.1 Å². The summed E-state index contributed by atoms with van der Waals surface area (Å²) >= 11 is 0. The van der Waals surface area contributed by atoms with Crippen molar-refractivity contribution in [2.24, 2.45) is 0 Å². The molecular formula is C48H38. The van der Waals surface area contributed by atoms with Crippen LogP contribution in [0.2, 0.25) is 0 Å².